The maximum absolute atomic E-state index is 12.1. The molecule has 0 amide bonds. The summed E-state index contributed by atoms with van der Waals surface area (Å²) in [4.78, 5) is 0. The Hall–Kier alpha value is -2.10. The van der Waals surface area contributed by atoms with Crippen molar-refractivity contribution in [3.63, 3.8) is 0 Å². The summed E-state index contributed by atoms with van der Waals surface area (Å²) in [6.45, 7) is 3.35. The van der Waals surface area contributed by atoms with E-state index in [0.29, 0.717) is 0 Å². The van der Waals surface area contributed by atoms with E-state index in [-0.39, 0.29) is 11.8 Å². The van der Waals surface area contributed by atoms with E-state index in [2.05, 4.69) is 42.1 Å². The van der Waals surface area contributed by atoms with Crippen LogP contribution in [-0.2, 0) is 0 Å². The summed E-state index contributed by atoms with van der Waals surface area (Å²) in [5, 5.41) is 3.41. The van der Waals surface area contributed by atoms with E-state index in [1.165, 1.54) is 11.1 Å². The highest BCUT2D eigenvalue weighted by Crippen LogP contribution is 2.23. The summed E-state index contributed by atoms with van der Waals surface area (Å²) in [7, 11) is 0. The third kappa shape index (κ3) is 4.45. The molecule has 1 N–H and O–H groups in total. The molecular weight excluding hydrogens is 272 g/mol. The van der Waals surface area contributed by atoms with Gasteiger partial charge in [-0.15, -0.1) is 0 Å². The van der Waals surface area contributed by atoms with E-state index in [1.807, 2.05) is 6.92 Å². The normalized spacial score (nSPS) is 12.3. The summed E-state index contributed by atoms with van der Waals surface area (Å²) in [5.74, 6) is 0.173. The number of alkyl halides is 2. The Morgan fingerprint density at radius 1 is 0.952 bits per heavy atom. The maximum Gasteiger partial charge on any atom is 0.387 e. The molecule has 0 radical (unpaired) electrons. The molecule has 1 atom stereocenters. The topological polar surface area (TPSA) is 21.3 Å². The van der Waals surface area contributed by atoms with E-state index in [4.69, 9.17) is 0 Å². The van der Waals surface area contributed by atoms with Gasteiger partial charge < -0.3 is 10.1 Å². The van der Waals surface area contributed by atoms with Gasteiger partial charge in [0.05, 0.1) is 0 Å². The highest BCUT2D eigenvalue weighted by Gasteiger charge is 2.08. The molecule has 0 saturated heterocycles. The van der Waals surface area contributed by atoms with Gasteiger partial charge in [0.2, 0.25) is 0 Å². The van der Waals surface area contributed by atoms with Crippen LogP contribution in [0.15, 0.2) is 42.5 Å². The van der Waals surface area contributed by atoms with Crippen molar-refractivity contribution in [3.8, 4) is 5.75 Å². The van der Waals surface area contributed by atoms with Crippen LogP contribution in [0.25, 0.3) is 0 Å². The second-order valence-electron chi connectivity index (χ2n) is 5.19. The van der Waals surface area contributed by atoms with Gasteiger partial charge in [0.1, 0.15) is 5.75 Å². The quantitative estimate of drug-likeness (QED) is 0.829. The first kappa shape index (κ1) is 15.3. The van der Waals surface area contributed by atoms with Gasteiger partial charge in [-0.25, -0.2) is 0 Å². The Morgan fingerprint density at radius 3 is 2.05 bits per heavy atom. The number of nitrogens with one attached hydrogen (secondary N) is 1. The van der Waals surface area contributed by atoms with Crippen LogP contribution >= 0.6 is 0 Å². The van der Waals surface area contributed by atoms with Crippen molar-refractivity contribution in [3.05, 3.63) is 59.2 Å². The van der Waals surface area contributed by atoms with Gasteiger partial charge in [-0.3, -0.25) is 0 Å². The van der Waals surface area contributed by atoms with Gasteiger partial charge >= 0.3 is 6.61 Å². The Morgan fingerprint density at radius 2 is 1.52 bits per heavy atom. The predicted molar refractivity (Wildman–Crippen MR) is 81.0 cm³/mol. The average Bonchev–Trinajstić information content (AvgIpc) is 2.37. The van der Waals surface area contributed by atoms with Gasteiger partial charge in [0, 0.05) is 11.7 Å². The van der Waals surface area contributed by atoms with E-state index < -0.39 is 6.61 Å². The van der Waals surface area contributed by atoms with Crippen LogP contribution in [0.4, 0.5) is 14.5 Å². The van der Waals surface area contributed by atoms with Crippen molar-refractivity contribution in [1.82, 2.24) is 0 Å². The first-order valence-corrected chi connectivity index (χ1v) is 6.83. The number of ether oxygens (including phenoxy) is 1. The molecule has 0 aromatic heterocycles. The van der Waals surface area contributed by atoms with Crippen LogP contribution in [0.2, 0.25) is 0 Å². The van der Waals surface area contributed by atoms with E-state index >= 15 is 0 Å². The Kier molecular flexibility index (Phi) is 4.78. The Bertz CT molecular complexity index is 576. The van der Waals surface area contributed by atoms with Gasteiger partial charge in [0.15, 0.2) is 0 Å². The van der Waals surface area contributed by atoms with Gasteiger partial charge in [-0.05, 0) is 61.7 Å². The lowest BCUT2D eigenvalue weighted by Gasteiger charge is -2.17. The predicted octanol–water partition coefficient (Wildman–Crippen LogP) is 5.08. The lowest BCUT2D eigenvalue weighted by molar-refractivity contribution is -0.0498. The molecule has 0 bridgehead atoms. The lowest BCUT2D eigenvalue weighted by atomic mass is 10.1. The molecule has 0 aliphatic carbocycles. The number of hydrogen-bond donors (Lipinski definition) is 1. The van der Waals surface area contributed by atoms with Crippen molar-refractivity contribution in [2.45, 2.75) is 33.4 Å². The van der Waals surface area contributed by atoms with Crippen molar-refractivity contribution in [2.24, 2.45) is 0 Å². The zero-order valence-electron chi connectivity index (χ0n) is 12.4. The lowest BCUT2D eigenvalue weighted by Crippen LogP contribution is -2.07. The second-order valence-corrected chi connectivity index (χ2v) is 5.19. The fourth-order valence-electron chi connectivity index (χ4n) is 2.33. The number of benzene rings is 2. The first-order chi connectivity index (χ1) is 9.94. The highest BCUT2D eigenvalue weighted by atomic mass is 19.3. The minimum absolute atomic E-state index is 0.0757. The molecule has 2 nitrogen and oxygen atoms in total. The number of aryl methyl sites for hydroxylation is 2. The SMILES string of the molecule is Cc1cc(C)cc(NC(C)c2ccc(OC(F)F)cc2)c1. The molecule has 0 aliphatic rings. The number of anilines is 1. The van der Waals surface area contributed by atoms with Crippen LogP contribution < -0.4 is 10.1 Å². The molecule has 2 rings (SSSR count). The minimum atomic E-state index is -2.79. The fourth-order valence-corrected chi connectivity index (χ4v) is 2.33. The average molecular weight is 291 g/mol. The smallest absolute Gasteiger partial charge is 0.387 e. The third-order valence-corrected chi connectivity index (χ3v) is 3.21. The highest BCUT2D eigenvalue weighted by molar-refractivity contribution is 5.50. The number of halogens is 2. The molecule has 4 heteroatoms. The van der Waals surface area contributed by atoms with Crippen LogP contribution in [0.1, 0.15) is 29.7 Å². The van der Waals surface area contributed by atoms with Crippen molar-refractivity contribution in [1.29, 1.82) is 0 Å². The van der Waals surface area contributed by atoms with Crippen LogP contribution in [0.3, 0.4) is 0 Å². The van der Waals surface area contributed by atoms with Crippen molar-refractivity contribution in [2.75, 3.05) is 5.32 Å². The zero-order valence-corrected chi connectivity index (χ0v) is 12.4. The largest absolute Gasteiger partial charge is 0.435 e. The molecule has 2 aromatic rings. The summed E-state index contributed by atoms with van der Waals surface area (Å²) in [5.41, 5.74) is 4.46. The zero-order chi connectivity index (χ0) is 15.4. The maximum atomic E-state index is 12.1. The van der Waals surface area contributed by atoms with Crippen molar-refractivity contribution >= 4 is 5.69 Å². The molecule has 0 fully saturated rings. The molecule has 21 heavy (non-hydrogen) atoms. The first-order valence-electron chi connectivity index (χ1n) is 6.83. The molecular formula is C17H19F2NO. The van der Waals surface area contributed by atoms with Gasteiger partial charge in [-0.1, -0.05) is 18.2 Å². The van der Waals surface area contributed by atoms with E-state index in [0.717, 1.165) is 11.3 Å². The molecule has 0 saturated carbocycles. The standard InChI is InChI=1S/C17H19F2NO/c1-11-8-12(2)10-15(9-11)20-13(3)14-4-6-16(7-5-14)21-17(18)19/h4-10,13,17,20H,1-3H3. The Balaban J connectivity index is 2.07. The van der Waals surface area contributed by atoms with Gasteiger partial charge in [0.25, 0.3) is 0 Å². The molecule has 0 spiro atoms. The molecule has 1 unspecified atom stereocenters. The molecule has 0 aliphatic heterocycles. The van der Waals surface area contributed by atoms with Crippen molar-refractivity contribution < 1.29 is 13.5 Å². The third-order valence-electron chi connectivity index (χ3n) is 3.21. The van der Waals surface area contributed by atoms with Crippen LogP contribution in [-0.4, -0.2) is 6.61 Å². The summed E-state index contributed by atoms with van der Waals surface area (Å²) >= 11 is 0. The summed E-state index contributed by atoms with van der Waals surface area (Å²) in [6, 6.07) is 13.0. The van der Waals surface area contributed by atoms with Crippen LogP contribution in [0, 0.1) is 13.8 Å². The van der Waals surface area contributed by atoms with E-state index in [1.54, 1.807) is 24.3 Å². The molecule has 0 heterocycles. The molecule has 112 valence electrons. The fraction of sp³-hybridized carbons (Fsp3) is 0.294. The molecule has 2 aromatic carbocycles. The van der Waals surface area contributed by atoms with Gasteiger partial charge in [-0.2, -0.15) is 8.78 Å². The van der Waals surface area contributed by atoms with E-state index in [9.17, 15) is 8.78 Å². The minimum Gasteiger partial charge on any atom is -0.435 e. The second kappa shape index (κ2) is 6.57. The monoisotopic (exact) mass is 291 g/mol. The Labute approximate surface area is 123 Å². The number of rotatable bonds is 5. The summed E-state index contributed by atoms with van der Waals surface area (Å²) < 4.78 is 28.6. The summed E-state index contributed by atoms with van der Waals surface area (Å²) in [6.07, 6.45) is 0. The van der Waals surface area contributed by atoms with Crippen LogP contribution in [0.5, 0.6) is 5.75 Å². The number of hydrogen-bond acceptors (Lipinski definition) is 2.